The summed E-state index contributed by atoms with van der Waals surface area (Å²) in [7, 11) is -1.01. The lowest BCUT2D eigenvalue weighted by atomic mass is 9.97. The lowest BCUT2D eigenvalue weighted by Crippen LogP contribution is -2.43. The maximum Gasteiger partial charge on any atom is 0.342 e. The molecule has 0 aliphatic heterocycles. The van der Waals surface area contributed by atoms with Crippen molar-refractivity contribution in [3.8, 4) is 5.88 Å². The quantitative estimate of drug-likeness (QED) is 0.110. The van der Waals surface area contributed by atoms with Gasteiger partial charge in [0.05, 0.1) is 26.1 Å². The highest BCUT2D eigenvalue weighted by atomic mass is 31.2. The Bertz CT molecular complexity index is 1430. The molecule has 16 heteroatoms. The third-order valence-electron chi connectivity index (χ3n) is 8.89. The van der Waals surface area contributed by atoms with E-state index in [-0.39, 0.29) is 49.1 Å². The SMILES string of the molecule is CC(C)C.COc1nc(N)nc2c1ncn2C(C)CC(COP(=O)(NCC(=O)OC1CCCCC1)NC(CC(C)C)C(=O)OC1CCCCC1)OC. The van der Waals surface area contributed by atoms with Crippen LogP contribution in [0.5, 0.6) is 5.88 Å². The average molecular weight is 754 g/mol. The van der Waals surface area contributed by atoms with Crippen LogP contribution in [0, 0.1) is 11.8 Å². The van der Waals surface area contributed by atoms with Crippen LogP contribution in [-0.4, -0.2) is 83.2 Å². The Labute approximate surface area is 309 Å². The topological polar surface area (TPSA) is 191 Å². The van der Waals surface area contributed by atoms with Crippen LogP contribution in [0.1, 0.15) is 125 Å². The van der Waals surface area contributed by atoms with Crippen LogP contribution in [0.4, 0.5) is 5.95 Å². The van der Waals surface area contributed by atoms with Crippen LogP contribution < -0.4 is 20.6 Å². The number of nitrogens with one attached hydrogen (secondary N) is 2. The van der Waals surface area contributed by atoms with Crippen LogP contribution in [-0.2, 0) is 32.9 Å². The normalized spacial score (nSPS) is 18.7. The number of fused-ring (bicyclic) bond motifs is 1. The van der Waals surface area contributed by atoms with Crippen molar-refractivity contribution in [3.05, 3.63) is 6.33 Å². The fourth-order valence-corrected chi connectivity index (χ4v) is 7.89. The van der Waals surface area contributed by atoms with E-state index in [4.69, 9.17) is 29.2 Å². The predicted octanol–water partition coefficient (Wildman–Crippen LogP) is 6.52. The van der Waals surface area contributed by atoms with Gasteiger partial charge in [-0.25, -0.2) is 15.2 Å². The number of aromatic nitrogens is 4. The summed E-state index contributed by atoms with van der Waals surface area (Å²) in [6, 6.07) is -1.12. The molecular formula is C36H64N7O8P. The fourth-order valence-electron chi connectivity index (χ4n) is 6.30. The molecule has 4 N–H and O–H groups in total. The van der Waals surface area contributed by atoms with Gasteiger partial charge in [-0.1, -0.05) is 47.5 Å². The first-order valence-electron chi connectivity index (χ1n) is 19.0. The molecule has 4 unspecified atom stereocenters. The molecule has 2 aliphatic carbocycles. The molecule has 2 saturated carbocycles. The molecule has 4 rings (SSSR count). The number of nitrogens with two attached hydrogens (primary N) is 1. The lowest BCUT2D eigenvalue weighted by molar-refractivity contribution is -0.153. The Hall–Kier alpha value is -2.84. The van der Waals surface area contributed by atoms with E-state index in [2.05, 4.69) is 45.9 Å². The van der Waals surface area contributed by atoms with Crippen molar-refractivity contribution in [2.75, 3.05) is 33.1 Å². The van der Waals surface area contributed by atoms with Crippen LogP contribution in [0.2, 0.25) is 0 Å². The number of hydrogen-bond donors (Lipinski definition) is 3. The minimum Gasteiger partial charge on any atom is -0.479 e. The molecule has 2 aromatic heterocycles. The average Bonchev–Trinajstić information content (AvgIpc) is 3.53. The van der Waals surface area contributed by atoms with Crippen molar-refractivity contribution < 1.29 is 37.6 Å². The summed E-state index contributed by atoms with van der Waals surface area (Å²) in [6.45, 7) is 11.9. The van der Waals surface area contributed by atoms with Gasteiger partial charge in [0.1, 0.15) is 24.8 Å². The van der Waals surface area contributed by atoms with Gasteiger partial charge in [-0.05, 0) is 83.0 Å². The van der Waals surface area contributed by atoms with E-state index in [1.807, 2.05) is 25.3 Å². The van der Waals surface area contributed by atoms with Crippen LogP contribution in [0.3, 0.4) is 0 Å². The number of carbonyl (C=O) groups is 2. The second-order valence-electron chi connectivity index (χ2n) is 15.0. The predicted molar refractivity (Wildman–Crippen MR) is 201 cm³/mol. The molecule has 0 aromatic carbocycles. The van der Waals surface area contributed by atoms with E-state index >= 15 is 0 Å². The Balaban J connectivity index is 0.00000173. The molecule has 2 aromatic rings. The third kappa shape index (κ3) is 14.5. The highest BCUT2D eigenvalue weighted by molar-refractivity contribution is 7.54. The smallest absolute Gasteiger partial charge is 0.342 e. The van der Waals surface area contributed by atoms with Crippen molar-refractivity contribution in [2.24, 2.45) is 11.8 Å². The number of ether oxygens (including phenoxy) is 4. The van der Waals surface area contributed by atoms with E-state index in [0.717, 1.165) is 70.1 Å². The van der Waals surface area contributed by atoms with Crippen LogP contribution >= 0.6 is 7.67 Å². The minimum atomic E-state index is -4.03. The van der Waals surface area contributed by atoms with Crippen molar-refractivity contribution in [3.63, 3.8) is 0 Å². The molecule has 296 valence electrons. The summed E-state index contributed by atoms with van der Waals surface area (Å²) in [5.41, 5.74) is 6.87. The standard InChI is InChI=1S/C32H54N7O8P.C4H10/c1-21(2)16-26(31(41)47-24-14-10-7-11-15-24)38-48(42,35-18-27(40)46-23-12-8-6-9-13-23)45-19-25(43-4)17-22(3)39-20-34-28-29(39)36-32(33)37-30(28)44-5;1-4(2)3/h20-26H,6-19H2,1-5H3,(H2,33,36,37)(H2,35,38,42);4H,1-3H3. The van der Waals surface area contributed by atoms with Crippen LogP contribution in [0.25, 0.3) is 11.2 Å². The molecular weight excluding hydrogens is 689 g/mol. The van der Waals surface area contributed by atoms with Crippen molar-refractivity contribution in [1.82, 2.24) is 29.7 Å². The van der Waals surface area contributed by atoms with Gasteiger partial charge in [0.2, 0.25) is 11.8 Å². The number of imidazole rings is 1. The highest BCUT2D eigenvalue weighted by Crippen LogP contribution is 2.40. The summed E-state index contributed by atoms with van der Waals surface area (Å²) < 4.78 is 44.9. The largest absolute Gasteiger partial charge is 0.479 e. The maximum atomic E-state index is 14.4. The van der Waals surface area contributed by atoms with E-state index in [9.17, 15) is 14.2 Å². The Morgan fingerprint density at radius 2 is 1.52 bits per heavy atom. The molecule has 2 heterocycles. The molecule has 52 heavy (non-hydrogen) atoms. The minimum absolute atomic E-state index is 0.0537. The Morgan fingerprint density at radius 1 is 0.923 bits per heavy atom. The second-order valence-corrected chi connectivity index (χ2v) is 17.0. The monoisotopic (exact) mass is 753 g/mol. The molecule has 15 nitrogen and oxygen atoms in total. The molecule has 0 bridgehead atoms. The summed E-state index contributed by atoms with van der Waals surface area (Å²) in [5, 5.41) is 5.71. The zero-order valence-corrected chi connectivity index (χ0v) is 33.5. The van der Waals surface area contributed by atoms with Gasteiger partial charge in [-0.15, -0.1) is 0 Å². The van der Waals surface area contributed by atoms with Gasteiger partial charge in [0, 0.05) is 13.2 Å². The summed E-state index contributed by atoms with van der Waals surface area (Å²) >= 11 is 0. The van der Waals surface area contributed by atoms with Gasteiger partial charge in [0.25, 0.3) is 0 Å². The first kappa shape index (κ1) is 43.6. The third-order valence-corrected chi connectivity index (χ3v) is 10.6. The van der Waals surface area contributed by atoms with Crippen molar-refractivity contribution >= 4 is 36.7 Å². The first-order valence-corrected chi connectivity index (χ1v) is 20.6. The molecule has 2 fully saturated rings. The van der Waals surface area contributed by atoms with Crippen molar-refractivity contribution in [1.29, 1.82) is 0 Å². The molecule has 0 spiro atoms. The number of nitrogen functional groups attached to an aromatic ring is 1. The van der Waals surface area contributed by atoms with Gasteiger partial charge in [0.15, 0.2) is 11.2 Å². The van der Waals surface area contributed by atoms with E-state index < -0.39 is 31.8 Å². The highest BCUT2D eigenvalue weighted by Gasteiger charge is 2.35. The Kier molecular flexibility index (Phi) is 18.2. The van der Waals surface area contributed by atoms with Gasteiger partial charge in [-0.3, -0.25) is 14.2 Å². The van der Waals surface area contributed by atoms with Gasteiger partial charge in [-0.2, -0.15) is 9.97 Å². The maximum absolute atomic E-state index is 14.4. The van der Waals surface area contributed by atoms with Gasteiger partial charge < -0.3 is 33.8 Å². The molecule has 4 atom stereocenters. The summed E-state index contributed by atoms with van der Waals surface area (Å²) in [5.74, 6) is 0.233. The zero-order valence-electron chi connectivity index (χ0n) is 32.6. The number of carbonyl (C=O) groups excluding carboxylic acids is 2. The van der Waals surface area contributed by atoms with E-state index in [1.54, 1.807) is 6.33 Å². The molecule has 0 amide bonds. The van der Waals surface area contributed by atoms with E-state index in [0.29, 0.717) is 24.0 Å². The summed E-state index contributed by atoms with van der Waals surface area (Å²) in [6.07, 6.45) is 11.1. The van der Waals surface area contributed by atoms with Crippen molar-refractivity contribution in [2.45, 2.75) is 149 Å². The second kappa shape index (κ2) is 21.8. The zero-order chi connectivity index (χ0) is 38.3. The van der Waals surface area contributed by atoms with E-state index in [1.165, 1.54) is 14.2 Å². The number of hydrogen-bond acceptors (Lipinski definition) is 12. The number of anilines is 1. The number of methoxy groups -OCH3 is 2. The van der Waals surface area contributed by atoms with Gasteiger partial charge >= 0.3 is 19.6 Å². The van der Waals surface area contributed by atoms with Crippen LogP contribution in [0.15, 0.2) is 6.33 Å². The number of rotatable bonds is 18. The molecule has 2 aliphatic rings. The molecule has 0 saturated heterocycles. The molecule has 0 radical (unpaired) electrons. The number of nitrogens with zero attached hydrogens (tertiary/aromatic N) is 4. The first-order chi connectivity index (χ1) is 24.7. The fraction of sp³-hybridized carbons (Fsp3) is 0.806. The number of esters is 2. The summed E-state index contributed by atoms with van der Waals surface area (Å²) in [4.78, 5) is 39.1. The Morgan fingerprint density at radius 3 is 2.08 bits per heavy atom. The lowest BCUT2D eigenvalue weighted by Gasteiger charge is -2.30.